The highest BCUT2D eigenvalue weighted by molar-refractivity contribution is 7.24. The Kier molecular flexibility index (Phi) is 1.90. The Balaban J connectivity index is 2.11. The first kappa shape index (κ1) is 10.9. The SMILES string of the molecule is [O-]c1c2ccccc2nc2ccc3c(sc4nnnn43)c12. The molecule has 0 aliphatic rings. The van der Waals surface area contributed by atoms with Gasteiger partial charge >= 0.3 is 0 Å². The zero-order valence-electron chi connectivity index (χ0n) is 10.5. The summed E-state index contributed by atoms with van der Waals surface area (Å²) in [5, 5.41) is 25.6. The molecule has 0 saturated heterocycles. The number of rotatable bonds is 0. The van der Waals surface area contributed by atoms with Gasteiger partial charge in [-0.1, -0.05) is 40.4 Å². The highest BCUT2D eigenvalue weighted by Crippen LogP contribution is 2.37. The Labute approximate surface area is 121 Å². The largest absolute Gasteiger partial charge is 0.872 e. The second-order valence-electron chi connectivity index (χ2n) is 4.74. The first-order valence-electron chi connectivity index (χ1n) is 6.32. The fourth-order valence-electron chi connectivity index (χ4n) is 2.66. The summed E-state index contributed by atoms with van der Waals surface area (Å²) in [6.45, 7) is 0. The van der Waals surface area contributed by atoms with Crippen LogP contribution in [-0.4, -0.2) is 25.0 Å². The van der Waals surface area contributed by atoms with Crippen LogP contribution in [0.2, 0.25) is 0 Å². The Morgan fingerprint density at radius 1 is 1.05 bits per heavy atom. The molecule has 0 unspecified atom stereocenters. The van der Waals surface area contributed by atoms with Gasteiger partial charge in [-0.3, -0.25) is 0 Å². The number of nitrogens with zero attached hydrogens (tertiary/aromatic N) is 5. The van der Waals surface area contributed by atoms with Crippen molar-refractivity contribution in [1.29, 1.82) is 0 Å². The van der Waals surface area contributed by atoms with E-state index in [2.05, 4.69) is 20.5 Å². The Morgan fingerprint density at radius 3 is 2.90 bits per heavy atom. The average Bonchev–Trinajstić information content (AvgIpc) is 3.07. The third-order valence-corrected chi connectivity index (χ3v) is 4.65. The van der Waals surface area contributed by atoms with Crippen LogP contribution in [0.15, 0.2) is 36.4 Å². The predicted octanol–water partition coefficient (Wildman–Crippen LogP) is 2.11. The zero-order chi connectivity index (χ0) is 14.0. The molecular formula is C14H6N5OS-. The lowest BCUT2D eigenvalue weighted by Gasteiger charge is -2.14. The fourth-order valence-corrected chi connectivity index (χ4v) is 3.70. The van der Waals surface area contributed by atoms with Crippen LogP contribution in [0, 0.1) is 0 Å². The highest BCUT2D eigenvalue weighted by Gasteiger charge is 2.12. The van der Waals surface area contributed by atoms with E-state index in [1.165, 1.54) is 11.3 Å². The van der Waals surface area contributed by atoms with Gasteiger partial charge < -0.3 is 5.11 Å². The quantitative estimate of drug-likeness (QED) is 0.408. The molecule has 0 aliphatic carbocycles. The van der Waals surface area contributed by atoms with Gasteiger partial charge in [0.25, 0.3) is 0 Å². The summed E-state index contributed by atoms with van der Waals surface area (Å²) in [5.74, 6) is -0.00124. The molecule has 5 rings (SSSR count). The van der Waals surface area contributed by atoms with E-state index in [9.17, 15) is 5.11 Å². The summed E-state index contributed by atoms with van der Waals surface area (Å²) in [4.78, 5) is 5.26. The van der Waals surface area contributed by atoms with Gasteiger partial charge in [-0.25, -0.2) is 4.98 Å². The van der Waals surface area contributed by atoms with Crippen molar-refractivity contribution in [2.24, 2.45) is 0 Å². The van der Waals surface area contributed by atoms with E-state index in [1.54, 1.807) is 4.52 Å². The molecule has 0 saturated carbocycles. The maximum atomic E-state index is 12.8. The van der Waals surface area contributed by atoms with E-state index in [4.69, 9.17) is 0 Å². The third-order valence-electron chi connectivity index (χ3n) is 3.59. The number of benzene rings is 2. The highest BCUT2D eigenvalue weighted by atomic mass is 32.1. The van der Waals surface area contributed by atoms with Crippen molar-refractivity contribution < 1.29 is 5.11 Å². The van der Waals surface area contributed by atoms with Crippen LogP contribution in [0.3, 0.4) is 0 Å². The molecule has 0 spiro atoms. The summed E-state index contributed by atoms with van der Waals surface area (Å²) in [5.41, 5.74) is 2.25. The first-order chi connectivity index (χ1) is 10.3. The molecule has 0 amide bonds. The fraction of sp³-hybridized carbons (Fsp3) is 0. The van der Waals surface area contributed by atoms with E-state index in [0.717, 1.165) is 15.7 Å². The molecule has 7 heteroatoms. The predicted molar refractivity (Wildman–Crippen MR) is 78.4 cm³/mol. The molecule has 5 aromatic rings. The molecule has 2 aromatic carbocycles. The Morgan fingerprint density at radius 2 is 1.95 bits per heavy atom. The minimum atomic E-state index is -0.00124. The molecule has 0 N–H and O–H groups in total. The van der Waals surface area contributed by atoms with Crippen molar-refractivity contribution in [3.8, 4) is 5.75 Å². The molecule has 0 fully saturated rings. The minimum absolute atomic E-state index is 0.00124. The lowest BCUT2D eigenvalue weighted by molar-refractivity contribution is -0.263. The number of thiazole rings is 1. The standard InChI is InChI=1S/C14H7N5OS/c20-12-7-3-1-2-4-8(7)15-9-5-6-10-13(11(9)12)21-14-16-17-18-19(10)14/h1-6H,(H,15,20)/p-1. The lowest BCUT2D eigenvalue weighted by atomic mass is 10.1. The molecule has 3 aromatic heterocycles. The van der Waals surface area contributed by atoms with Crippen LogP contribution in [0.5, 0.6) is 5.75 Å². The van der Waals surface area contributed by atoms with Crippen LogP contribution in [0.1, 0.15) is 0 Å². The molecule has 0 aliphatic heterocycles. The van der Waals surface area contributed by atoms with Crippen molar-refractivity contribution in [1.82, 2.24) is 25.0 Å². The van der Waals surface area contributed by atoms with Crippen LogP contribution >= 0.6 is 11.3 Å². The molecule has 0 atom stereocenters. The normalized spacial score (nSPS) is 12.0. The van der Waals surface area contributed by atoms with Gasteiger partial charge in [0.1, 0.15) is 0 Å². The lowest BCUT2D eigenvalue weighted by Crippen LogP contribution is -1.95. The van der Waals surface area contributed by atoms with E-state index >= 15 is 0 Å². The van der Waals surface area contributed by atoms with Crippen molar-refractivity contribution in [3.63, 3.8) is 0 Å². The van der Waals surface area contributed by atoms with E-state index in [0.29, 0.717) is 21.3 Å². The summed E-state index contributed by atoms with van der Waals surface area (Å²) < 4.78 is 2.50. The molecule has 21 heavy (non-hydrogen) atoms. The third kappa shape index (κ3) is 1.30. The topological polar surface area (TPSA) is 79.0 Å². The number of para-hydroxylation sites is 1. The van der Waals surface area contributed by atoms with Crippen molar-refractivity contribution in [2.75, 3.05) is 0 Å². The van der Waals surface area contributed by atoms with Gasteiger partial charge in [0, 0.05) is 5.39 Å². The maximum absolute atomic E-state index is 12.8. The van der Waals surface area contributed by atoms with Gasteiger partial charge in [0.2, 0.25) is 4.96 Å². The van der Waals surface area contributed by atoms with E-state index < -0.39 is 0 Å². The Bertz CT molecular complexity index is 1160. The van der Waals surface area contributed by atoms with Gasteiger partial charge in [-0.05, 0) is 34.0 Å². The van der Waals surface area contributed by atoms with Crippen LogP contribution < -0.4 is 5.11 Å². The second kappa shape index (κ2) is 3.64. The monoisotopic (exact) mass is 292 g/mol. The summed E-state index contributed by atoms with van der Waals surface area (Å²) in [6.07, 6.45) is 0. The molecule has 0 bridgehead atoms. The first-order valence-corrected chi connectivity index (χ1v) is 7.13. The zero-order valence-corrected chi connectivity index (χ0v) is 11.3. The van der Waals surface area contributed by atoms with Crippen molar-refractivity contribution in [3.05, 3.63) is 36.4 Å². The van der Waals surface area contributed by atoms with Gasteiger partial charge in [-0.2, -0.15) is 4.52 Å². The van der Waals surface area contributed by atoms with Crippen LogP contribution in [0.25, 0.3) is 37.0 Å². The van der Waals surface area contributed by atoms with Gasteiger partial charge in [0.15, 0.2) is 0 Å². The molecule has 6 nitrogen and oxygen atoms in total. The average molecular weight is 292 g/mol. The summed E-state index contributed by atoms with van der Waals surface area (Å²) in [7, 11) is 0. The van der Waals surface area contributed by atoms with E-state index in [-0.39, 0.29) is 5.75 Å². The minimum Gasteiger partial charge on any atom is -0.872 e. The maximum Gasteiger partial charge on any atom is 0.235 e. The number of hydrogen-bond donors (Lipinski definition) is 0. The van der Waals surface area contributed by atoms with Gasteiger partial charge in [0.05, 0.1) is 21.3 Å². The number of pyridine rings is 1. The number of fused-ring (bicyclic) bond motifs is 6. The van der Waals surface area contributed by atoms with Crippen molar-refractivity contribution in [2.45, 2.75) is 0 Å². The number of tetrazole rings is 1. The summed E-state index contributed by atoms with van der Waals surface area (Å²) >= 11 is 1.41. The second-order valence-corrected chi connectivity index (χ2v) is 5.72. The molecule has 0 radical (unpaired) electrons. The molecule has 100 valence electrons. The Hall–Kier alpha value is -2.80. The van der Waals surface area contributed by atoms with E-state index in [1.807, 2.05) is 36.4 Å². The smallest absolute Gasteiger partial charge is 0.235 e. The molecular weight excluding hydrogens is 286 g/mol. The summed E-state index contributed by atoms with van der Waals surface area (Å²) in [6, 6.07) is 11.1. The van der Waals surface area contributed by atoms with Crippen LogP contribution in [-0.2, 0) is 0 Å². The molecule has 3 heterocycles. The van der Waals surface area contributed by atoms with Crippen LogP contribution in [0.4, 0.5) is 0 Å². The van der Waals surface area contributed by atoms with Gasteiger partial charge in [-0.15, -0.1) is 0 Å². The number of aromatic nitrogens is 5. The number of hydrogen-bond acceptors (Lipinski definition) is 6. The van der Waals surface area contributed by atoms with Crippen molar-refractivity contribution >= 4 is 48.3 Å².